The predicted octanol–water partition coefficient (Wildman–Crippen LogP) is 2.19. The Morgan fingerprint density at radius 1 is 1.33 bits per heavy atom. The van der Waals surface area contributed by atoms with Crippen LogP contribution in [0.2, 0.25) is 0 Å². The first kappa shape index (κ1) is 14.7. The molecule has 1 aliphatic rings. The van der Waals surface area contributed by atoms with E-state index in [1.807, 2.05) is 0 Å². The molecule has 4 heteroatoms. The third-order valence-corrected chi connectivity index (χ3v) is 3.37. The minimum Gasteiger partial charge on any atom is -0.463 e. The normalized spacial score (nSPS) is 23.2. The second kappa shape index (κ2) is 7.19. The van der Waals surface area contributed by atoms with Gasteiger partial charge in [-0.05, 0) is 32.1 Å². The van der Waals surface area contributed by atoms with Crippen LogP contribution in [0.3, 0.4) is 0 Å². The van der Waals surface area contributed by atoms with Crippen LogP contribution in [0.15, 0.2) is 12.2 Å². The van der Waals surface area contributed by atoms with E-state index in [-0.39, 0.29) is 17.9 Å². The molecular weight excluding hydrogens is 230 g/mol. The molecule has 102 valence electrons. The minimum atomic E-state index is -0.315. The number of rotatable bonds is 5. The number of carbonyl (C=O) groups excluding carboxylic acids is 2. The van der Waals surface area contributed by atoms with E-state index in [1.165, 1.54) is 6.92 Å². The van der Waals surface area contributed by atoms with E-state index >= 15 is 0 Å². The first-order chi connectivity index (χ1) is 8.54. The molecule has 1 unspecified atom stereocenters. The van der Waals surface area contributed by atoms with Gasteiger partial charge in [-0.1, -0.05) is 19.4 Å². The first-order valence-electron chi connectivity index (χ1n) is 6.66. The summed E-state index contributed by atoms with van der Waals surface area (Å²) >= 11 is 0. The quantitative estimate of drug-likeness (QED) is 0.603. The minimum absolute atomic E-state index is 0.00588. The summed E-state index contributed by atoms with van der Waals surface area (Å²) in [6, 6.07) is 0.169. The molecule has 0 aromatic heterocycles. The van der Waals surface area contributed by atoms with Gasteiger partial charge in [-0.25, -0.2) is 4.79 Å². The second-order valence-electron chi connectivity index (χ2n) is 4.88. The van der Waals surface area contributed by atoms with Crippen molar-refractivity contribution in [3.63, 3.8) is 0 Å². The Morgan fingerprint density at radius 2 is 2.00 bits per heavy atom. The van der Waals surface area contributed by atoms with Crippen LogP contribution >= 0.6 is 0 Å². The first-order valence-corrected chi connectivity index (χ1v) is 6.66. The summed E-state index contributed by atoms with van der Waals surface area (Å²) in [5.41, 5.74) is 0.513. The summed E-state index contributed by atoms with van der Waals surface area (Å²) < 4.78 is 4.94. The van der Waals surface area contributed by atoms with E-state index in [2.05, 4.69) is 11.9 Å². The molecule has 1 fully saturated rings. The molecule has 0 bridgehead atoms. The van der Waals surface area contributed by atoms with E-state index in [4.69, 9.17) is 4.74 Å². The van der Waals surface area contributed by atoms with Crippen LogP contribution in [0.1, 0.15) is 46.0 Å². The van der Waals surface area contributed by atoms with Crippen molar-refractivity contribution >= 4 is 11.9 Å². The van der Waals surface area contributed by atoms with Crippen molar-refractivity contribution < 1.29 is 14.3 Å². The number of hydrogen-bond acceptors (Lipinski definition) is 3. The average Bonchev–Trinajstić information content (AvgIpc) is 2.31. The van der Waals surface area contributed by atoms with Gasteiger partial charge in [0.1, 0.15) is 0 Å². The van der Waals surface area contributed by atoms with Crippen molar-refractivity contribution in [3.05, 3.63) is 12.2 Å². The second-order valence-corrected chi connectivity index (χ2v) is 4.88. The van der Waals surface area contributed by atoms with Gasteiger partial charge in [0.2, 0.25) is 5.91 Å². The van der Waals surface area contributed by atoms with E-state index in [9.17, 15) is 9.59 Å². The number of esters is 1. The Balaban J connectivity index is 2.53. The van der Waals surface area contributed by atoms with Gasteiger partial charge in [0.05, 0.1) is 6.61 Å². The van der Waals surface area contributed by atoms with Crippen LogP contribution in [0.25, 0.3) is 0 Å². The Morgan fingerprint density at radius 3 is 2.61 bits per heavy atom. The largest absolute Gasteiger partial charge is 0.463 e. The molecule has 0 aromatic carbocycles. The summed E-state index contributed by atoms with van der Waals surface area (Å²) in [6.45, 7) is 7.48. The molecule has 1 rings (SSSR count). The Labute approximate surface area is 109 Å². The molecule has 1 saturated carbocycles. The number of hydrogen-bond donors (Lipinski definition) is 1. The lowest BCUT2D eigenvalue weighted by molar-refractivity contribution is -0.138. The topological polar surface area (TPSA) is 55.4 Å². The molecule has 1 N–H and O–H groups in total. The highest BCUT2D eigenvalue weighted by Crippen LogP contribution is 2.29. The Bertz CT molecular complexity index is 325. The molecule has 0 aliphatic heterocycles. The maximum atomic E-state index is 11.5. The molecule has 0 aromatic rings. The summed E-state index contributed by atoms with van der Waals surface area (Å²) in [6.07, 6.45) is 4.91. The highest BCUT2D eigenvalue weighted by molar-refractivity contribution is 5.87. The van der Waals surface area contributed by atoms with Crippen LogP contribution < -0.4 is 5.32 Å². The van der Waals surface area contributed by atoms with Gasteiger partial charge in [0.15, 0.2) is 0 Å². The van der Waals surface area contributed by atoms with Gasteiger partial charge < -0.3 is 10.1 Å². The van der Waals surface area contributed by atoms with Crippen molar-refractivity contribution in [2.45, 2.75) is 52.0 Å². The third kappa shape index (κ3) is 4.51. The zero-order valence-electron chi connectivity index (χ0n) is 11.3. The monoisotopic (exact) mass is 253 g/mol. The fraction of sp³-hybridized carbons (Fsp3) is 0.714. The van der Waals surface area contributed by atoms with Gasteiger partial charge in [-0.2, -0.15) is 0 Å². The zero-order valence-corrected chi connectivity index (χ0v) is 11.3. The maximum absolute atomic E-state index is 11.5. The van der Waals surface area contributed by atoms with Crippen molar-refractivity contribution in [3.8, 4) is 0 Å². The number of amides is 1. The van der Waals surface area contributed by atoms with E-state index in [1.54, 1.807) is 6.92 Å². The molecular formula is C14H23NO3. The smallest absolute Gasteiger partial charge is 0.333 e. The van der Waals surface area contributed by atoms with Gasteiger partial charge in [0.25, 0.3) is 0 Å². The molecule has 18 heavy (non-hydrogen) atoms. The van der Waals surface area contributed by atoms with E-state index in [0.717, 1.165) is 25.7 Å². The van der Waals surface area contributed by atoms with Crippen LogP contribution in [0.5, 0.6) is 0 Å². The molecule has 0 saturated heterocycles. The van der Waals surface area contributed by atoms with Gasteiger partial charge in [0, 0.05) is 18.5 Å². The van der Waals surface area contributed by atoms with E-state index in [0.29, 0.717) is 24.5 Å². The number of ether oxygens (including phenoxy) is 1. The van der Waals surface area contributed by atoms with Crippen molar-refractivity contribution in [2.24, 2.45) is 5.92 Å². The van der Waals surface area contributed by atoms with Crippen LogP contribution in [-0.4, -0.2) is 24.5 Å². The summed E-state index contributed by atoms with van der Waals surface area (Å²) in [5, 5.41) is 2.98. The lowest BCUT2D eigenvalue weighted by Crippen LogP contribution is -2.41. The summed E-state index contributed by atoms with van der Waals surface area (Å²) in [7, 11) is 0. The van der Waals surface area contributed by atoms with Crippen LogP contribution in [0.4, 0.5) is 0 Å². The Kier molecular flexibility index (Phi) is 5.89. The Hall–Kier alpha value is -1.32. The fourth-order valence-electron chi connectivity index (χ4n) is 2.54. The highest BCUT2D eigenvalue weighted by atomic mass is 16.5. The summed E-state index contributed by atoms with van der Waals surface area (Å²) in [5.74, 6) is -0.0159. The zero-order chi connectivity index (χ0) is 13.5. The lowest BCUT2D eigenvalue weighted by Gasteiger charge is -2.32. The van der Waals surface area contributed by atoms with Crippen molar-refractivity contribution in [1.82, 2.24) is 5.32 Å². The molecule has 0 radical (unpaired) electrons. The molecule has 1 aliphatic carbocycles. The molecule has 0 heterocycles. The standard InChI is InChI=1S/C14H23NO3/c1-4-18-14(17)10(2)9-12-7-5-6-8-13(12)15-11(3)16/h12-13H,2,4-9H2,1,3H3,(H,15,16)/t12?,13-/m0/s1. The maximum Gasteiger partial charge on any atom is 0.333 e. The van der Waals surface area contributed by atoms with Crippen molar-refractivity contribution in [2.75, 3.05) is 6.61 Å². The third-order valence-electron chi connectivity index (χ3n) is 3.37. The predicted molar refractivity (Wildman–Crippen MR) is 70.0 cm³/mol. The van der Waals surface area contributed by atoms with Gasteiger partial charge in [-0.15, -0.1) is 0 Å². The number of nitrogens with one attached hydrogen (secondary N) is 1. The molecule has 0 spiro atoms. The van der Waals surface area contributed by atoms with Gasteiger partial charge >= 0.3 is 5.97 Å². The van der Waals surface area contributed by atoms with Crippen LogP contribution in [-0.2, 0) is 14.3 Å². The van der Waals surface area contributed by atoms with Crippen molar-refractivity contribution in [1.29, 1.82) is 0 Å². The van der Waals surface area contributed by atoms with E-state index < -0.39 is 0 Å². The highest BCUT2D eigenvalue weighted by Gasteiger charge is 2.27. The average molecular weight is 253 g/mol. The molecule has 1 amide bonds. The summed E-state index contributed by atoms with van der Waals surface area (Å²) in [4.78, 5) is 22.7. The van der Waals surface area contributed by atoms with Gasteiger partial charge in [-0.3, -0.25) is 4.79 Å². The lowest BCUT2D eigenvalue weighted by atomic mass is 9.80. The molecule has 4 nitrogen and oxygen atoms in total. The SMILES string of the molecule is C=C(CC1CCCC[C@@H]1NC(C)=O)C(=O)OCC. The number of carbonyl (C=O) groups is 2. The van der Waals surface area contributed by atoms with Crippen LogP contribution in [0, 0.1) is 5.92 Å². The fourth-order valence-corrected chi connectivity index (χ4v) is 2.54. The molecule has 2 atom stereocenters.